The Kier molecular flexibility index (Phi) is 5.90. The molecule has 2 aliphatic heterocycles. The molecule has 5 heteroatoms. The number of piperidine rings is 1. The van der Waals surface area contributed by atoms with E-state index in [1.807, 2.05) is 17.0 Å². The Hall–Kier alpha value is -2.82. The summed E-state index contributed by atoms with van der Waals surface area (Å²) in [6.07, 6.45) is 8.17. The first-order valence-corrected chi connectivity index (χ1v) is 11.9. The number of fused-ring (bicyclic) bond motifs is 3. The minimum Gasteiger partial charge on any atom is -0.493 e. The van der Waals surface area contributed by atoms with Crippen LogP contribution in [0.2, 0.25) is 0 Å². The average Bonchev–Trinajstić information content (AvgIpc) is 2.87. The van der Waals surface area contributed by atoms with E-state index in [1.54, 1.807) is 14.2 Å². The molecule has 2 heterocycles. The van der Waals surface area contributed by atoms with Gasteiger partial charge >= 0.3 is 0 Å². The fourth-order valence-electron chi connectivity index (χ4n) is 5.55. The minimum atomic E-state index is 0.140. The molecule has 1 saturated carbocycles. The second kappa shape index (κ2) is 8.97. The summed E-state index contributed by atoms with van der Waals surface area (Å²) in [5, 5.41) is 0. The van der Waals surface area contributed by atoms with E-state index in [9.17, 15) is 4.79 Å². The van der Waals surface area contributed by atoms with E-state index in [1.165, 1.54) is 24.8 Å². The molecule has 2 unspecified atom stereocenters. The van der Waals surface area contributed by atoms with Crippen molar-refractivity contribution in [3.8, 4) is 11.5 Å². The molecule has 0 spiro atoms. The van der Waals surface area contributed by atoms with E-state index in [0.717, 1.165) is 72.7 Å². The first-order valence-electron chi connectivity index (χ1n) is 11.9. The highest BCUT2D eigenvalue weighted by molar-refractivity contribution is 6.15. The van der Waals surface area contributed by atoms with Gasteiger partial charge in [-0.1, -0.05) is 25.0 Å². The molecule has 5 nitrogen and oxygen atoms in total. The van der Waals surface area contributed by atoms with Crippen LogP contribution in [0.4, 0.5) is 0 Å². The Morgan fingerprint density at radius 3 is 2.31 bits per heavy atom. The molecule has 1 saturated heterocycles. The van der Waals surface area contributed by atoms with Gasteiger partial charge in [-0.15, -0.1) is 0 Å². The van der Waals surface area contributed by atoms with Crippen molar-refractivity contribution < 1.29 is 14.3 Å². The predicted octanol–water partition coefficient (Wildman–Crippen LogP) is 5.21. The number of hydrogen-bond donors (Lipinski definition) is 0. The van der Waals surface area contributed by atoms with E-state index in [4.69, 9.17) is 14.5 Å². The van der Waals surface area contributed by atoms with Crippen LogP contribution < -0.4 is 9.47 Å². The van der Waals surface area contributed by atoms with Crippen molar-refractivity contribution in [1.82, 2.24) is 4.90 Å². The van der Waals surface area contributed by atoms with Crippen molar-refractivity contribution in [2.24, 2.45) is 4.99 Å². The predicted molar refractivity (Wildman–Crippen MR) is 126 cm³/mol. The van der Waals surface area contributed by atoms with Crippen LogP contribution in [0.3, 0.4) is 0 Å². The van der Waals surface area contributed by atoms with Crippen molar-refractivity contribution in [3.63, 3.8) is 0 Å². The van der Waals surface area contributed by atoms with Crippen LogP contribution in [-0.2, 0) is 0 Å². The Labute approximate surface area is 190 Å². The molecule has 3 aliphatic rings. The molecule has 0 aromatic heterocycles. The number of likely N-dealkylation sites (tertiary alicyclic amines) is 1. The summed E-state index contributed by atoms with van der Waals surface area (Å²) >= 11 is 0. The van der Waals surface area contributed by atoms with Gasteiger partial charge in [-0.2, -0.15) is 0 Å². The van der Waals surface area contributed by atoms with Crippen LogP contribution in [0.25, 0.3) is 0 Å². The van der Waals surface area contributed by atoms with Crippen molar-refractivity contribution in [2.45, 2.75) is 56.9 Å². The standard InChI is InChI=1S/C27H32N2O3/c1-31-24-16-21-20-8-4-5-9-23(20)28-26(22(21)17-25(24)32-2)18-10-12-19(13-11-18)27(30)29-14-6-3-7-15-29/h10-13,16-17,20,23H,3-9,14-15H2,1-2H3. The maximum atomic E-state index is 12.9. The van der Waals surface area contributed by atoms with Crippen molar-refractivity contribution in [3.05, 3.63) is 58.7 Å². The molecule has 2 fully saturated rings. The zero-order valence-corrected chi connectivity index (χ0v) is 19.1. The maximum Gasteiger partial charge on any atom is 0.253 e. The Morgan fingerprint density at radius 2 is 1.59 bits per heavy atom. The number of aliphatic imine (C=N–C) groups is 1. The first kappa shape index (κ1) is 21.0. The number of methoxy groups -OCH3 is 2. The lowest BCUT2D eigenvalue weighted by atomic mass is 9.75. The molecule has 0 radical (unpaired) electrons. The molecule has 1 amide bonds. The summed E-state index contributed by atoms with van der Waals surface area (Å²) in [6, 6.07) is 12.6. The van der Waals surface area contributed by atoms with Crippen LogP contribution >= 0.6 is 0 Å². The Morgan fingerprint density at radius 1 is 0.906 bits per heavy atom. The summed E-state index contributed by atoms with van der Waals surface area (Å²) in [4.78, 5) is 20.1. The van der Waals surface area contributed by atoms with E-state index in [0.29, 0.717) is 12.0 Å². The topological polar surface area (TPSA) is 51.1 Å². The molecule has 0 N–H and O–H groups in total. The number of benzene rings is 2. The zero-order chi connectivity index (χ0) is 22.1. The average molecular weight is 433 g/mol. The second-order valence-corrected chi connectivity index (χ2v) is 9.16. The van der Waals surface area contributed by atoms with E-state index in [-0.39, 0.29) is 5.91 Å². The third kappa shape index (κ3) is 3.78. The number of amides is 1. The molecular formula is C27H32N2O3. The summed E-state index contributed by atoms with van der Waals surface area (Å²) in [6.45, 7) is 1.73. The Balaban J connectivity index is 1.51. The van der Waals surface area contributed by atoms with Crippen LogP contribution in [-0.4, -0.2) is 49.9 Å². The normalized spacial score (nSPS) is 22.4. The molecule has 2 atom stereocenters. The van der Waals surface area contributed by atoms with Gasteiger partial charge in [-0.05, 0) is 61.9 Å². The van der Waals surface area contributed by atoms with Gasteiger partial charge in [0.05, 0.1) is 26.0 Å². The number of rotatable bonds is 4. The highest BCUT2D eigenvalue weighted by Gasteiger charge is 2.34. The SMILES string of the molecule is COc1cc2c(cc1OC)C1CCCCC1N=C2c1ccc(C(=O)N2CCCCC2)cc1. The molecule has 168 valence electrons. The number of ether oxygens (including phenoxy) is 2. The minimum absolute atomic E-state index is 0.140. The Bertz CT molecular complexity index is 1020. The van der Waals surface area contributed by atoms with Crippen molar-refractivity contribution in [2.75, 3.05) is 27.3 Å². The summed E-state index contributed by atoms with van der Waals surface area (Å²) < 4.78 is 11.2. The zero-order valence-electron chi connectivity index (χ0n) is 19.1. The lowest BCUT2D eigenvalue weighted by Gasteiger charge is -2.35. The van der Waals surface area contributed by atoms with Crippen LogP contribution in [0.1, 0.15) is 77.9 Å². The van der Waals surface area contributed by atoms with Gasteiger partial charge in [0.25, 0.3) is 5.91 Å². The number of nitrogens with zero attached hydrogens (tertiary/aromatic N) is 2. The third-order valence-electron chi connectivity index (χ3n) is 7.28. The fraction of sp³-hybridized carbons (Fsp3) is 0.481. The smallest absolute Gasteiger partial charge is 0.253 e. The quantitative estimate of drug-likeness (QED) is 0.667. The van der Waals surface area contributed by atoms with Gasteiger partial charge in [0, 0.05) is 35.7 Å². The molecular weight excluding hydrogens is 400 g/mol. The summed E-state index contributed by atoms with van der Waals surface area (Å²) in [5.74, 6) is 2.08. The maximum absolute atomic E-state index is 12.9. The van der Waals surface area contributed by atoms with Gasteiger partial charge in [-0.3, -0.25) is 9.79 Å². The highest BCUT2D eigenvalue weighted by atomic mass is 16.5. The van der Waals surface area contributed by atoms with Crippen molar-refractivity contribution in [1.29, 1.82) is 0 Å². The van der Waals surface area contributed by atoms with E-state index in [2.05, 4.69) is 24.3 Å². The molecule has 5 rings (SSSR count). The number of carbonyl (C=O) groups is 1. The lowest BCUT2D eigenvalue weighted by Crippen LogP contribution is -2.35. The van der Waals surface area contributed by atoms with E-state index < -0.39 is 0 Å². The molecule has 32 heavy (non-hydrogen) atoms. The molecule has 2 aromatic rings. The van der Waals surface area contributed by atoms with Crippen LogP contribution in [0.15, 0.2) is 41.4 Å². The first-order chi connectivity index (χ1) is 15.7. The van der Waals surface area contributed by atoms with Crippen molar-refractivity contribution >= 4 is 11.6 Å². The summed E-state index contributed by atoms with van der Waals surface area (Å²) in [7, 11) is 3.37. The van der Waals surface area contributed by atoms with Gasteiger partial charge < -0.3 is 14.4 Å². The second-order valence-electron chi connectivity index (χ2n) is 9.16. The molecule has 0 bridgehead atoms. The van der Waals surface area contributed by atoms with Gasteiger partial charge in [-0.25, -0.2) is 0 Å². The number of hydrogen-bond acceptors (Lipinski definition) is 4. The largest absolute Gasteiger partial charge is 0.493 e. The third-order valence-corrected chi connectivity index (χ3v) is 7.28. The van der Waals surface area contributed by atoms with Crippen LogP contribution in [0.5, 0.6) is 11.5 Å². The van der Waals surface area contributed by atoms with Gasteiger partial charge in [0.1, 0.15) is 0 Å². The fourth-order valence-corrected chi connectivity index (χ4v) is 5.55. The molecule has 1 aliphatic carbocycles. The lowest BCUT2D eigenvalue weighted by molar-refractivity contribution is 0.0724. The van der Waals surface area contributed by atoms with E-state index >= 15 is 0 Å². The monoisotopic (exact) mass is 432 g/mol. The van der Waals surface area contributed by atoms with Gasteiger partial charge in [0.2, 0.25) is 0 Å². The number of carbonyl (C=O) groups excluding carboxylic acids is 1. The van der Waals surface area contributed by atoms with Crippen LogP contribution in [0, 0.1) is 0 Å². The summed E-state index contributed by atoms with van der Waals surface area (Å²) in [5.41, 5.74) is 5.25. The van der Waals surface area contributed by atoms with Gasteiger partial charge in [0.15, 0.2) is 11.5 Å². The highest BCUT2D eigenvalue weighted by Crippen LogP contribution is 2.44. The molecule has 2 aromatic carbocycles.